The molecule has 0 saturated carbocycles. The molecule has 32 heavy (non-hydrogen) atoms. The Bertz CT molecular complexity index is 1130. The molecule has 2 aromatic carbocycles. The van der Waals surface area contributed by atoms with Gasteiger partial charge in [0, 0.05) is 24.1 Å². The Morgan fingerprint density at radius 2 is 1.81 bits per heavy atom. The van der Waals surface area contributed by atoms with Gasteiger partial charge < -0.3 is 14.5 Å². The van der Waals surface area contributed by atoms with Gasteiger partial charge in [0.2, 0.25) is 5.89 Å². The van der Waals surface area contributed by atoms with E-state index in [0.29, 0.717) is 22.4 Å². The van der Waals surface area contributed by atoms with Crippen LogP contribution in [0.15, 0.2) is 81.6 Å². The summed E-state index contributed by atoms with van der Waals surface area (Å²) in [5, 5.41) is 11.4. The minimum Gasteiger partial charge on any atom is -0.463 e. The first-order valence-corrected chi connectivity index (χ1v) is 11.1. The number of ether oxygens (including phenoxy) is 1. The summed E-state index contributed by atoms with van der Waals surface area (Å²) in [5.74, 6) is 0.210. The molecule has 1 N–H and O–H groups in total. The highest BCUT2D eigenvalue weighted by Gasteiger charge is 2.36. The molecule has 9 heteroatoms. The zero-order valence-corrected chi connectivity index (χ0v) is 18.5. The van der Waals surface area contributed by atoms with Crippen molar-refractivity contribution >= 4 is 23.8 Å². The Morgan fingerprint density at radius 3 is 2.50 bits per heavy atom. The molecule has 2 amide bonds. The number of esters is 1. The Labute approximate surface area is 189 Å². The van der Waals surface area contributed by atoms with Gasteiger partial charge in [-0.2, -0.15) is 0 Å². The summed E-state index contributed by atoms with van der Waals surface area (Å²) in [6, 6.07) is 17.9. The van der Waals surface area contributed by atoms with Crippen LogP contribution in [0.25, 0.3) is 11.5 Å². The fraction of sp³-hybridized carbons (Fsp3) is 0.217. The van der Waals surface area contributed by atoms with Crippen molar-refractivity contribution in [3.63, 3.8) is 0 Å². The largest absolute Gasteiger partial charge is 0.463 e. The Balaban J connectivity index is 1.65. The van der Waals surface area contributed by atoms with E-state index in [9.17, 15) is 9.59 Å². The van der Waals surface area contributed by atoms with Crippen LogP contribution < -0.4 is 5.32 Å². The molecule has 1 aliphatic heterocycles. The van der Waals surface area contributed by atoms with E-state index in [1.54, 1.807) is 14.0 Å². The first kappa shape index (κ1) is 21.6. The monoisotopic (exact) mass is 450 g/mol. The molecule has 0 fully saturated rings. The number of benzene rings is 2. The molecule has 0 aliphatic carbocycles. The van der Waals surface area contributed by atoms with E-state index in [2.05, 4.69) is 15.5 Å². The molecule has 0 radical (unpaired) electrons. The number of carbonyl (C=O) groups is 2. The molecule has 164 valence electrons. The van der Waals surface area contributed by atoms with Crippen molar-refractivity contribution in [3.05, 3.63) is 77.5 Å². The van der Waals surface area contributed by atoms with Gasteiger partial charge in [0.05, 0.1) is 18.2 Å². The Hall–Kier alpha value is -3.59. The summed E-state index contributed by atoms with van der Waals surface area (Å²) in [6.07, 6.45) is 0. The Kier molecular flexibility index (Phi) is 6.55. The van der Waals surface area contributed by atoms with Gasteiger partial charge >= 0.3 is 12.0 Å². The summed E-state index contributed by atoms with van der Waals surface area (Å²) in [4.78, 5) is 27.0. The number of aromatic nitrogens is 2. The van der Waals surface area contributed by atoms with Crippen molar-refractivity contribution in [1.82, 2.24) is 20.4 Å². The van der Waals surface area contributed by atoms with Crippen LogP contribution in [0.1, 0.15) is 18.5 Å². The van der Waals surface area contributed by atoms with E-state index in [1.807, 2.05) is 60.7 Å². The van der Waals surface area contributed by atoms with Crippen molar-refractivity contribution in [2.24, 2.45) is 0 Å². The molecular formula is C23H22N4O4S. The molecule has 0 saturated heterocycles. The van der Waals surface area contributed by atoms with Crippen LogP contribution in [-0.4, -0.2) is 46.5 Å². The lowest BCUT2D eigenvalue weighted by molar-refractivity contribution is -0.139. The van der Waals surface area contributed by atoms with Crippen LogP contribution in [0.3, 0.4) is 0 Å². The molecule has 1 unspecified atom stereocenters. The maximum atomic E-state index is 12.9. The third-order valence-corrected chi connectivity index (χ3v) is 5.79. The quantitative estimate of drug-likeness (QED) is 0.428. The third kappa shape index (κ3) is 4.52. The number of rotatable bonds is 7. The van der Waals surface area contributed by atoms with E-state index in [1.165, 1.54) is 16.7 Å². The number of nitrogens with one attached hydrogen (secondary N) is 1. The van der Waals surface area contributed by atoms with Gasteiger partial charge in [-0.3, -0.25) is 4.90 Å². The molecule has 3 aromatic rings. The number of hydrogen-bond acceptors (Lipinski definition) is 7. The molecule has 0 spiro atoms. The molecular weight excluding hydrogens is 428 g/mol. The fourth-order valence-electron chi connectivity index (χ4n) is 3.37. The fourth-order valence-corrected chi connectivity index (χ4v) is 4.22. The highest BCUT2D eigenvalue weighted by molar-refractivity contribution is 7.99. The van der Waals surface area contributed by atoms with Crippen LogP contribution in [0.2, 0.25) is 0 Å². The summed E-state index contributed by atoms with van der Waals surface area (Å²) in [5.41, 5.74) is 2.53. The second kappa shape index (κ2) is 9.69. The lowest BCUT2D eigenvalue weighted by atomic mass is 9.95. The number of hydrogen-bond donors (Lipinski definition) is 1. The standard InChI is InChI=1S/C23H22N4O4S/c1-3-30-21(28)18-17(27(2)22(29)24-19(18)15-10-6-4-7-11-15)14-32-23-26-25-20(31-23)16-12-8-5-9-13-16/h4-13,19H,3,14H2,1-2H3,(H,24,29). The number of amides is 2. The highest BCUT2D eigenvalue weighted by Crippen LogP contribution is 2.34. The maximum Gasteiger partial charge on any atom is 0.338 e. The van der Waals surface area contributed by atoms with Crippen molar-refractivity contribution in [1.29, 1.82) is 0 Å². The third-order valence-electron chi connectivity index (χ3n) is 4.96. The Morgan fingerprint density at radius 1 is 1.12 bits per heavy atom. The van der Waals surface area contributed by atoms with Crippen molar-refractivity contribution in [2.75, 3.05) is 19.4 Å². The number of carbonyl (C=O) groups excluding carboxylic acids is 2. The summed E-state index contributed by atoms with van der Waals surface area (Å²) in [7, 11) is 1.62. The maximum absolute atomic E-state index is 12.9. The minimum absolute atomic E-state index is 0.228. The molecule has 0 bridgehead atoms. The first-order valence-electron chi connectivity index (χ1n) is 10.1. The molecule has 8 nitrogen and oxygen atoms in total. The normalized spacial score (nSPS) is 16.1. The van der Waals surface area contributed by atoms with Crippen molar-refractivity contribution < 1.29 is 18.7 Å². The minimum atomic E-state index is -0.614. The molecule has 4 rings (SSSR count). The number of nitrogens with zero attached hydrogens (tertiary/aromatic N) is 3. The topological polar surface area (TPSA) is 97.6 Å². The molecule has 1 aliphatic rings. The van der Waals surface area contributed by atoms with Gasteiger partial charge in [-0.25, -0.2) is 9.59 Å². The number of urea groups is 1. The molecule has 1 atom stereocenters. The zero-order chi connectivity index (χ0) is 22.5. The van der Waals surface area contributed by atoms with Crippen molar-refractivity contribution in [3.8, 4) is 11.5 Å². The van der Waals surface area contributed by atoms with Gasteiger partial charge in [-0.05, 0) is 24.6 Å². The second-order valence-electron chi connectivity index (χ2n) is 6.96. The van der Waals surface area contributed by atoms with Gasteiger partial charge in [-0.1, -0.05) is 60.3 Å². The van der Waals surface area contributed by atoms with Gasteiger partial charge in [0.25, 0.3) is 5.22 Å². The first-order chi connectivity index (χ1) is 15.6. The van der Waals surface area contributed by atoms with E-state index >= 15 is 0 Å². The summed E-state index contributed by atoms with van der Waals surface area (Å²) < 4.78 is 11.1. The van der Waals surface area contributed by atoms with E-state index in [-0.39, 0.29) is 18.4 Å². The average molecular weight is 451 g/mol. The van der Waals surface area contributed by atoms with Crippen LogP contribution >= 0.6 is 11.8 Å². The summed E-state index contributed by atoms with van der Waals surface area (Å²) >= 11 is 1.26. The van der Waals surface area contributed by atoms with E-state index in [0.717, 1.165) is 11.1 Å². The smallest absolute Gasteiger partial charge is 0.338 e. The van der Waals surface area contributed by atoms with Crippen LogP contribution in [0.4, 0.5) is 4.79 Å². The van der Waals surface area contributed by atoms with Gasteiger partial charge in [-0.15, -0.1) is 10.2 Å². The average Bonchev–Trinajstić information content (AvgIpc) is 3.30. The lowest BCUT2D eigenvalue weighted by Crippen LogP contribution is -2.47. The highest BCUT2D eigenvalue weighted by atomic mass is 32.2. The van der Waals surface area contributed by atoms with Gasteiger partial charge in [0.15, 0.2) is 0 Å². The predicted octanol–water partition coefficient (Wildman–Crippen LogP) is 4.04. The van der Waals surface area contributed by atoms with Gasteiger partial charge in [0.1, 0.15) is 0 Å². The second-order valence-corrected chi connectivity index (χ2v) is 7.89. The SMILES string of the molecule is CCOC(=O)C1=C(CSc2nnc(-c3ccccc3)o2)N(C)C(=O)NC1c1ccccc1. The molecule has 1 aromatic heterocycles. The zero-order valence-electron chi connectivity index (χ0n) is 17.6. The summed E-state index contributed by atoms with van der Waals surface area (Å²) in [6.45, 7) is 1.98. The van der Waals surface area contributed by atoms with E-state index < -0.39 is 12.0 Å². The number of thioether (sulfide) groups is 1. The van der Waals surface area contributed by atoms with Crippen LogP contribution in [-0.2, 0) is 9.53 Å². The van der Waals surface area contributed by atoms with Crippen LogP contribution in [0, 0.1) is 0 Å². The van der Waals surface area contributed by atoms with Crippen molar-refractivity contribution in [2.45, 2.75) is 18.2 Å². The van der Waals surface area contributed by atoms with Crippen LogP contribution in [0.5, 0.6) is 0 Å². The van der Waals surface area contributed by atoms with E-state index in [4.69, 9.17) is 9.15 Å². The lowest BCUT2D eigenvalue weighted by Gasteiger charge is -2.34. The molecule has 2 heterocycles. The predicted molar refractivity (Wildman–Crippen MR) is 120 cm³/mol.